The summed E-state index contributed by atoms with van der Waals surface area (Å²) in [5.41, 5.74) is 4.99. The minimum absolute atomic E-state index is 0.132. The molecule has 6 rings (SSSR count). The SMILES string of the molecule is COc1cc(C2C3=C(CC(C)(C)CC3=O)Nc3c2ccc2ccccc32)ccc1OC(=O)c1ccc(Cl)cc1. The van der Waals surface area contributed by atoms with Crippen molar-refractivity contribution < 1.29 is 19.1 Å². The van der Waals surface area contributed by atoms with Crippen LogP contribution in [0.1, 0.15) is 54.1 Å². The molecule has 1 unspecified atom stereocenters. The number of rotatable bonds is 4. The molecule has 0 bridgehead atoms. The lowest BCUT2D eigenvalue weighted by Gasteiger charge is -2.40. The number of esters is 1. The summed E-state index contributed by atoms with van der Waals surface area (Å²) in [7, 11) is 1.54. The fourth-order valence-corrected chi connectivity index (χ4v) is 5.92. The zero-order valence-corrected chi connectivity index (χ0v) is 22.8. The van der Waals surface area contributed by atoms with E-state index in [9.17, 15) is 9.59 Å². The largest absolute Gasteiger partial charge is 0.493 e. The first-order valence-electron chi connectivity index (χ1n) is 12.9. The average molecular weight is 538 g/mol. The molecule has 0 fully saturated rings. The van der Waals surface area contributed by atoms with E-state index in [1.165, 1.54) is 0 Å². The second-order valence-electron chi connectivity index (χ2n) is 10.9. The molecule has 1 atom stereocenters. The number of benzene rings is 4. The van der Waals surface area contributed by atoms with Crippen molar-refractivity contribution in [1.29, 1.82) is 0 Å². The molecule has 0 amide bonds. The second kappa shape index (κ2) is 9.58. The van der Waals surface area contributed by atoms with Gasteiger partial charge in [0.05, 0.1) is 18.4 Å². The number of fused-ring (bicyclic) bond motifs is 3. The normalized spacial score (nSPS) is 17.7. The van der Waals surface area contributed by atoms with Crippen molar-refractivity contribution in [2.24, 2.45) is 5.41 Å². The highest BCUT2D eigenvalue weighted by molar-refractivity contribution is 6.30. The van der Waals surface area contributed by atoms with Crippen LogP contribution in [0, 0.1) is 5.41 Å². The number of carbonyl (C=O) groups is 2. The molecule has 5 nitrogen and oxygen atoms in total. The van der Waals surface area contributed by atoms with Crippen LogP contribution in [0.4, 0.5) is 5.69 Å². The number of hydrogen-bond acceptors (Lipinski definition) is 5. The Kier molecular flexibility index (Phi) is 6.19. The monoisotopic (exact) mass is 537 g/mol. The molecular formula is C33H28ClNO4. The lowest BCUT2D eigenvalue weighted by molar-refractivity contribution is -0.118. The molecule has 1 aliphatic heterocycles. The first-order chi connectivity index (χ1) is 18.7. The molecule has 0 aromatic heterocycles. The fourth-order valence-electron chi connectivity index (χ4n) is 5.80. The van der Waals surface area contributed by atoms with E-state index < -0.39 is 5.97 Å². The summed E-state index contributed by atoms with van der Waals surface area (Å²) < 4.78 is 11.4. The number of hydrogen-bond donors (Lipinski definition) is 1. The van der Waals surface area contributed by atoms with Crippen LogP contribution < -0.4 is 14.8 Å². The summed E-state index contributed by atoms with van der Waals surface area (Å²) in [6, 6.07) is 24.5. The average Bonchev–Trinajstić information content (AvgIpc) is 2.91. The fraction of sp³-hybridized carbons (Fsp3) is 0.212. The van der Waals surface area contributed by atoms with Gasteiger partial charge < -0.3 is 14.8 Å². The molecule has 1 N–H and O–H groups in total. The van der Waals surface area contributed by atoms with Crippen molar-refractivity contribution in [3.63, 3.8) is 0 Å². The summed E-state index contributed by atoms with van der Waals surface area (Å²) in [4.78, 5) is 26.4. The molecule has 1 heterocycles. The maximum Gasteiger partial charge on any atom is 0.343 e. The highest BCUT2D eigenvalue weighted by atomic mass is 35.5. The van der Waals surface area contributed by atoms with Crippen LogP contribution in [-0.4, -0.2) is 18.9 Å². The number of nitrogens with one attached hydrogen (secondary N) is 1. The van der Waals surface area contributed by atoms with Gasteiger partial charge in [-0.1, -0.05) is 67.9 Å². The molecule has 0 radical (unpaired) electrons. The predicted octanol–water partition coefficient (Wildman–Crippen LogP) is 7.92. The minimum atomic E-state index is -0.508. The van der Waals surface area contributed by atoms with Crippen LogP contribution in [0.2, 0.25) is 5.02 Å². The van der Waals surface area contributed by atoms with Crippen molar-refractivity contribution in [2.45, 2.75) is 32.6 Å². The molecule has 2 aliphatic rings. The Hall–Kier alpha value is -4.09. The van der Waals surface area contributed by atoms with Crippen molar-refractivity contribution in [3.8, 4) is 11.5 Å². The zero-order valence-electron chi connectivity index (χ0n) is 22.0. The van der Waals surface area contributed by atoms with E-state index in [0.717, 1.165) is 45.3 Å². The topological polar surface area (TPSA) is 64.6 Å². The highest BCUT2D eigenvalue weighted by Gasteiger charge is 2.41. The highest BCUT2D eigenvalue weighted by Crippen LogP contribution is 2.51. The van der Waals surface area contributed by atoms with E-state index in [0.29, 0.717) is 28.5 Å². The molecule has 0 saturated carbocycles. The Balaban J connectivity index is 1.46. The number of methoxy groups -OCH3 is 1. The van der Waals surface area contributed by atoms with Crippen molar-refractivity contribution in [1.82, 2.24) is 0 Å². The lowest BCUT2D eigenvalue weighted by atomic mass is 9.68. The van der Waals surface area contributed by atoms with Gasteiger partial charge in [-0.05, 0) is 64.7 Å². The molecule has 0 saturated heterocycles. The molecule has 1 aliphatic carbocycles. The first-order valence-corrected chi connectivity index (χ1v) is 13.3. The zero-order chi connectivity index (χ0) is 27.3. The molecule has 196 valence electrons. The molecule has 0 spiro atoms. The Morgan fingerprint density at radius 3 is 2.49 bits per heavy atom. The minimum Gasteiger partial charge on any atom is -0.493 e. The summed E-state index contributed by atoms with van der Waals surface area (Å²) in [6.07, 6.45) is 1.27. The van der Waals surface area contributed by atoms with Gasteiger partial charge in [-0.3, -0.25) is 4.79 Å². The van der Waals surface area contributed by atoms with Gasteiger partial charge in [0.1, 0.15) is 0 Å². The van der Waals surface area contributed by atoms with Crippen molar-refractivity contribution in [2.75, 3.05) is 12.4 Å². The third kappa shape index (κ3) is 4.57. The number of halogens is 1. The molecule has 4 aromatic carbocycles. The van der Waals surface area contributed by atoms with E-state index in [1.54, 1.807) is 37.4 Å². The predicted molar refractivity (Wildman–Crippen MR) is 154 cm³/mol. The van der Waals surface area contributed by atoms with E-state index in [4.69, 9.17) is 21.1 Å². The Morgan fingerprint density at radius 2 is 1.72 bits per heavy atom. The third-order valence-electron chi connectivity index (χ3n) is 7.56. The maximum absolute atomic E-state index is 13.6. The Morgan fingerprint density at radius 1 is 0.949 bits per heavy atom. The van der Waals surface area contributed by atoms with Crippen LogP contribution in [0.3, 0.4) is 0 Å². The van der Waals surface area contributed by atoms with Crippen LogP contribution in [0.15, 0.2) is 90.1 Å². The molecule has 4 aromatic rings. The van der Waals surface area contributed by atoms with Gasteiger partial charge in [-0.15, -0.1) is 0 Å². The molecule has 39 heavy (non-hydrogen) atoms. The maximum atomic E-state index is 13.6. The lowest BCUT2D eigenvalue weighted by Crippen LogP contribution is -2.33. The quantitative estimate of drug-likeness (QED) is 0.211. The van der Waals surface area contributed by atoms with E-state index >= 15 is 0 Å². The smallest absolute Gasteiger partial charge is 0.343 e. The summed E-state index contributed by atoms with van der Waals surface area (Å²) in [6.45, 7) is 4.27. The van der Waals surface area contributed by atoms with Crippen LogP contribution in [0.25, 0.3) is 10.8 Å². The number of Topliss-reactive ketones (excluding diaryl/α,β-unsaturated/α-hetero) is 1. The van der Waals surface area contributed by atoms with Gasteiger partial charge in [-0.25, -0.2) is 4.79 Å². The Labute approximate surface area is 232 Å². The third-order valence-corrected chi connectivity index (χ3v) is 7.81. The summed E-state index contributed by atoms with van der Waals surface area (Å²) in [5.74, 6) is 0.0841. The van der Waals surface area contributed by atoms with Gasteiger partial charge in [0.25, 0.3) is 0 Å². The summed E-state index contributed by atoms with van der Waals surface area (Å²) in [5, 5.41) is 6.45. The summed E-state index contributed by atoms with van der Waals surface area (Å²) >= 11 is 5.95. The van der Waals surface area contributed by atoms with E-state index in [-0.39, 0.29) is 17.1 Å². The molecule has 6 heteroatoms. The Bertz CT molecular complexity index is 1670. The van der Waals surface area contributed by atoms with Crippen LogP contribution in [0.5, 0.6) is 11.5 Å². The van der Waals surface area contributed by atoms with Crippen LogP contribution in [-0.2, 0) is 4.79 Å². The molecular weight excluding hydrogens is 510 g/mol. The number of ether oxygens (including phenoxy) is 2. The van der Waals surface area contributed by atoms with Gasteiger partial charge in [0.15, 0.2) is 17.3 Å². The van der Waals surface area contributed by atoms with Crippen molar-refractivity contribution in [3.05, 3.63) is 112 Å². The number of anilines is 1. The van der Waals surface area contributed by atoms with Gasteiger partial charge in [0, 0.05) is 34.0 Å². The van der Waals surface area contributed by atoms with Gasteiger partial charge >= 0.3 is 5.97 Å². The van der Waals surface area contributed by atoms with E-state index in [2.05, 4.69) is 43.4 Å². The van der Waals surface area contributed by atoms with E-state index in [1.807, 2.05) is 24.3 Å². The van der Waals surface area contributed by atoms with Crippen molar-refractivity contribution >= 4 is 39.8 Å². The number of carbonyl (C=O) groups excluding carboxylic acids is 2. The van der Waals surface area contributed by atoms with Gasteiger partial charge in [-0.2, -0.15) is 0 Å². The number of ketones is 1. The second-order valence-corrected chi connectivity index (χ2v) is 11.4. The number of allylic oxidation sites excluding steroid dienone is 2. The standard InChI is InChI=1S/C33H28ClNO4/c1-33(2)17-25-30(26(36)18-33)29(24-14-10-19-6-4-5-7-23(19)31(24)35-25)21-11-15-27(28(16-21)38-3)39-32(37)20-8-12-22(34)13-9-20/h4-16,29,35H,17-18H2,1-3H3. The van der Waals surface area contributed by atoms with Crippen LogP contribution >= 0.6 is 11.6 Å². The van der Waals surface area contributed by atoms with Gasteiger partial charge in [0.2, 0.25) is 0 Å². The first kappa shape index (κ1) is 25.2.